The summed E-state index contributed by atoms with van der Waals surface area (Å²) in [5, 5.41) is 11.3. The van der Waals surface area contributed by atoms with Crippen molar-refractivity contribution in [3.8, 4) is 11.5 Å². The molecule has 3 N–H and O–H groups in total. The smallest absolute Gasteiger partial charge is 0.234 e. The number of hydrogen-bond acceptors (Lipinski definition) is 7. The minimum absolute atomic E-state index is 0.0578. The van der Waals surface area contributed by atoms with Crippen LogP contribution in [-0.4, -0.2) is 43.6 Å². The van der Waals surface area contributed by atoms with Crippen molar-refractivity contribution in [2.24, 2.45) is 5.41 Å². The number of nitrogens with zero attached hydrogens (tertiary/aromatic N) is 1. The van der Waals surface area contributed by atoms with Gasteiger partial charge in [0.1, 0.15) is 11.5 Å². The van der Waals surface area contributed by atoms with E-state index in [0.717, 1.165) is 25.9 Å². The molecule has 1 aliphatic heterocycles. The van der Waals surface area contributed by atoms with Gasteiger partial charge in [0.2, 0.25) is 11.8 Å². The fraction of sp³-hybridized carbons (Fsp3) is 0.500. The Morgan fingerprint density at radius 2 is 2.15 bits per heavy atom. The molecule has 1 saturated heterocycles. The van der Waals surface area contributed by atoms with Gasteiger partial charge >= 0.3 is 0 Å². The molecule has 0 atom stereocenters. The number of hydrogen-bond donors (Lipinski definition) is 3. The number of methoxy groups -OCH3 is 1. The number of rotatable bonds is 7. The fourth-order valence-electron chi connectivity index (χ4n) is 3.11. The molecule has 146 valence electrons. The standard InChI is InChI=1S/C18H24N4O4S/c1-12(23)20-9-13-3-4-15(26-13)14-10-27-17(21-14)22-16(24)18(11-25-2)5-7-19-8-6-18/h3-4,10,19H,5-9,11H2,1-2H3,(H,20,23)(H,21,22,24). The van der Waals surface area contributed by atoms with E-state index in [-0.39, 0.29) is 11.8 Å². The fourth-order valence-corrected chi connectivity index (χ4v) is 3.81. The normalized spacial score (nSPS) is 16.1. The zero-order valence-corrected chi connectivity index (χ0v) is 16.3. The number of thiazole rings is 1. The number of carbonyl (C=O) groups excluding carboxylic acids is 2. The van der Waals surface area contributed by atoms with Gasteiger partial charge in [-0.2, -0.15) is 0 Å². The third-order valence-corrected chi connectivity index (χ3v) is 5.37. The summed E-state index contributed by atoms with van der Waals surface area (Å²) in [5.41, 5.74) is 0.123. The average Bonchev–Trinajstić information content (AvgIpc) is 3.30. The Bertz CT molecular complexity index is 789. The van der Waals surface area contributed by atoms with E-state index in [4.69, 9.17) is 9.15 Å². The number of piperidine rings is 1. The second-order valence-electron chi connectivity index (χ2n) is 6.63. The number of furan rings is 1. The van der Waals surface area contributed by atoms with Crippen LogP contribution in [0.4, 0.5) is 5.13 Å². The van der Waals surface area contributed by atoms with Gasteiger partial charge in [-0.05, 0) is 38.1 Å². The van der Waals surface area contributed by atoms with Crippen molar-refractivity contribution in [2.75, 3.05) is 32.1 Å². The average molecular weight is 392 g/mol. The minimum atomic E-state index is -0.526. The Morgan fingerprint density at radius 3 is 2.85 bits per heavy atom. The number of nitrogens with one attached hydrogen (secondary N) is 3. The predicted octanol–water partition coefficient (Wildman–Crippen LogP) is 1.99. The van der Waals surface area contributed by atoms with E-state index in [0.29, 0.717) is 35.5 Å². The van der Waals surface area contributed by atoms with Crippen LogP contribution in [-0.2, 0) is 20.9 Å². The van der Waals surface area contributed by atoms with Crippen molar-refractivity contribution in [3.05, 3.63) is 23.3 Å². The summed E-state index contributed by atoms with van der Waals surface area (Å²) in [6.45, 7) is 3.77. The topological polar surface area (TPSA) is 105 Å². The van der Waals surface area contributed by atoms with Crippen LogP contribution >= 0.6 is 11.3 Å². The largest absolute Gasteiger partial charge is 0.458 e. The molecule has 9 heteroatoms. The molecule has 0 aromatic carbocycles. The minimum Gasteiger partial charge on any atom is -0.458 e. The summed E-state index contributed by atoms with van der Waals surface area (Å²) in [6, 6.07) is 3.60. The Labute approximate surface area is 161 Å². The molecule has 3 heterocycles. The summed E-state index contributed by atoms with van der Waals surface area (Å²) in [5.74, 6) is 1.07. The Hall–Kier alpha value is -2.23. The van der Waals surface area contributed by atoms with E-state index in [1.807, 2.05) is 5.38 Å². The first kappa shape index (κ1) is 19.5. The highest BCUT2D eigenvalue weighted by Crippen LogP contribution is 2.32. The zero-order chi connectivity index (χ0) is 19.3. The number of anilines is 1. The van der Waals surface area contributed by atoms with Gasteiger partial charge in [-0.25, -0.2) is 4.98 Å². The molecule has 3 rings (SSSR count). The molecule has 1 fully saturated rings. The van der Waals surface area contributed by atoms with E-state index in [2.05, 4.69) is 20.9 Å². The second-order valence-corrected chi connectivity index (χ2v) is 7.49. The third-order valence-electron chi connectivity index (χ3n) is 4.61. The quantitative estimate of drug-likeness (QED) is 0.666. The van der Waals surface area contributed by atoms with Gasteiger partial charge in [-0.1, -0.05) is 0 Å². The lowest BCUT2D eigenvalue weighted by molar-refractivity contribution is -0.130. The number of ether oxygens (including phenoxy) is 1. The molecule has 27 heavy (non-hydrogen) atoms. The molecular formula is C18H24N4O4S. The Balaban J connectivity index is 1.66. The van der Waals surface area contributed by atoms with Gasteiger partial charge in [-0.3, -0.25) is 9.59 Å². The molecule has 2 aromatic rings. The molecule has 0 unspecified atom stereocenters. The molecule has 0 bridgehead atoms. The number of aromatic nitrogens is 1. The summed E-state index contributed by atoms with van der Waals surface area (Å²) in [6.07, 6.45) is 1.46. The lowest BCUT2D eigenvalue weighted by atomic mass is 9.79. The summed E-state index contributed by atoms with van der Waals surface area (Å²) in [4.78, 5) is 28.3. The zero-order valence-electron chi connectivity index (χ0n) is 15.5. The van der Waals surface area contributed by atoms with Crippen LogP contribution in [0.25, 0.3) is 11.5 Å². The van der Waals surface area contributed by atoms with Crippen LogP contribution in [0.2, 0.25) is 0 Å². The lowest BCUT2D eigenvalue weighted by Gasteiger charge is -2.35. The van der Waals surface area contributed by atoms with Crippen molar-refractivity contribution in [1.82, 2.24) is 15.6 Å². The highest BCUT2D eigenvalue weighted by Gasteiger charge is 2.40. The molecule has 0 aliphatic carbocycles. The maximum Gasteiger partial charge on any atom is 0.234 e. The molecule has 0 spiro atoms. The molecule has 2 aromatic heterocycles. The predicted molar refractivity (Wildman–Crippen MR) is 102 cm³/mol. The van der Waals surface area contributed by atoms with Gasteiger partial charge in [0.15, 0.2) is 10.9 Å². The molecule has 8 nitrogen and oxygen atoms in total. The van der Waals surface area contributed by atoms with Crippen LogP contribution in [0.5, 0.6) is 0 Å². The number of amides is 2. The van der Waals surface area contributed by atoms with Crippen molar-refractivity contribution in [3.63, 3.8) is 0 Å². The van der Waals surface area contributed by atoms with Crippen molar-refractivity contribution in [2.45, 2.75) is 26.3 Å². The molecule has 0 radical (unpaired) electrons. The number of carbonyl (C=O) groups is 2. The van der Waals surface area contributed by atoms with E-state index in [9.17, 15) is 9.59 Å². The van der Waals surface area contributed by atoms with Gasteiger partial charge in [0, 0.05) is 19.4 Å². The van der Waals surface area contributed by atoms with Crippen LogP contribution in [0.1, 0.15) is 25.5 Å². The van der Waals surface area contributed by atoms with Crippen molar-refractivity contribution >= 4 is 28.3 Å². The van der Waals surface area contributed by atoms with Gasteiger partial charge in [0.25, 0.3) is 0 Å². The third kappa shape index (κ3) is 4.74. The molecule has 1 aliphatic rings. The van der Waals surface area contributed by atoms with Crippen LogP contribution in [0, 0.1) is 5.41 Å². The van der Waals surface area contributed by atoms with Crippen molar-refractivity contribution in [1.29, 1.82) is 0 Å². The summed E-state index contributed by atoms with van der Waals surface area (Å²) < 4.78 is 11.0. The van der Waals surface area contributed by atoms with E-state index < -0.39 is 5.41 Å². The Kier molecular flexibility index (Phi) is 6.25. The maximum atomic E-state index is 12.9. The van der Waals surface area contributed by atoms with E-state index >= 15 is 0 Å². The highest BCUT2D eigenvalue weighted by molar-refractivity contribution is 7.14. The molecule has 0 saturated carbocycles. The first-order valence-electron chi connectivity index (χ1n) is 8.82. The first-order chi connectivity index (χ1) is 13.0. The monoisotopic (exact) mass is 392 g/mol. The van der Waals surface area contributed by atoms with E-state index in [1.54, 1.807) is 19.2 Å². The van der Waals surface area contributed by atoms with Crippen LogP contribution < -0.4 is 16.0 Å². The molecular weight excluding hydrogens is 368 g/mol. The van der Waals surface area contributed by atoms with Gasteiger partial charge in [-0.15, -0.1) is 11.3 Å². The van der Waals surface area contributed by atoms with Gasteiger partial charge < -0.3 is 25.1 Å². The van der Waals surface area contributed by atoms with Crippen LogP contribution in [0.3, 0.4) is 0 Å². The summed E-state index contributed by atoms with van der Waals surface area (Å²) >= 11 is 1.35. The van der Waals surface area contributed by atoms with Gasteiger partial charge in [0.05, 0.1) is 18.6 Å². The second kappa shape index (κ2) is 8.64. The maximum absolute atomic E-state index is 12.9. The first-order valence-corrected chi connectivity index (χ1v) is 9.70. The summed E-state index contributed by atoms with van der Waals surface area (Å²) in [7, 11) is 1.62. The molecule has 2 amide bonds. The highest BCUT2D eigenvalue weighted by atomic mass is 32.1. The van der Waals surface area contributed by atoms with Crippen molar-refractivity contribution < 1.29 is 18.7 Å². The van der Waals surface area contributed by atoms with Crippen LogP contribution in [0.15, 0.2) is 21.9 Å². The lowest BCUT2D eigenvalue weighted by Crippen LogP contribution is -2.47. The Morgan fingerprint density at radius 1 is 1.37 bits per heavy atom. The van der Waals surface area contributed by atoms with E-state index in [1.165, 1.54) is 18.3 Å². The SMILES string of the molecule is COCC1(C(=O)Nc2nc(-c3ccc(CNC(C)=O)o3)cs2)CCNCC1.